The monoisotopic (exact) mass is 273 g/mol. The molecule has 1 aliphatic carbocycles. The molecule has 3 rings (SSSR count). The van der Waals surface area contributed by atoms with Crippen molar-refractivity contribution in [1.29, 1.82) is 0 Å². The van der Waals surface area contributed by atoms with Gasteiger partial charge in [0.2, 0.25) is 5.95 Å². The summed E-state index contributed by atoms with van der Waals surface area (Å²) in [5.74, 6) is 0.590. The Hall–Kier alpha value is -1.95. The second-order valence-electron chi connectivity index (χ2n) is 5.37. The molecule has 0 saturated heterocycles. The standard InChI is InChI=1S/C14H19N5O/c20-11-14(9-5-2-6-10-14)15-13-16-17-18-19(13)12-7-3-1-4-8-12/h1,3-4,7-8,20H,2,5-6,9-11H2,(H,15,16,18). The number of benzene rings is 1. The molecule has 106 valence electrons. The summed E-state index contributed by atoms with van der Waals surface area (Å²) in [6.45, 7) is 0.106. The van der Waals surface area contributed by atoms with Crippen LogP contribution in [-0.4, -0.2) is 37.5 Å². The van der Waals surface area contributed by atoms with Gasteiger partial charge < -0.3 is 10.4 Å². The van der Waals surface area contributed by atoms with Gasteiger partial charge >= 0.3 is 0 Å². The molecule has 1 fully saturated rings. The van der Waals surface area contributed by atoms with Crippen molar-refractivity contribution < 1.29 is 5.11 Å². The van der Waals surface area contributed by atoms with Gasteiger partial charge in [0.1, 0.15) is 0 Å². The van der Waals surface area contributed by atoms with Gasteiger partial charge in [0.15, 0.2) is 0 Å². The Balaban J connectivity index is 1.86. The molecule has 6 heteroatoms. The molecule has 2 aromatic rings. The molecule has 0 spiro atoms. The van der Waals surface area contributed by atoms with E-state index in [2.05, 4.69) is 20.8 Å². The van der Waals surface area contributed by atoms with E-state index < -0.39 is 0 Å². The molecule has 0 unspecified atom stereocenters. The molecule has 2 N–H and O–H groups in total. The molecule has 0 aliphatic heterocycles. The first-order valence-corrected chi connectivity index (χ1v) is 7.06. The van der Waals surface area contributed by atoms with Gasteiger partial charge in [-0.1, -0.05) is 42.6 Å². The predicted octanol–water partition coefficient (Wildman–Crippen LogP) is 1.77. The Morgan fingerprint density at radius 2 is 1.90 bits per heavy atom. The Morgan fingerprint density at radius 3 is 2.60 bits per heavy atom. The van der Waals surface area contributed by atoms with Gasteiger partial charge in [0, 0.05) is 0 Å². The van der Waals surface area contributed by atoms with Crippen LogP contribution in [0.25, 0.3) is 5.69 Å². The third kappa shape index (κ3) is 2.51. The van der Waals surface area contributed by atoms with Crippen LogP contribution in [0, 0.1) is 0 Å². The number of aliphatic hydroxyl groups excluding tert-OH is 1. The van der Waals surface area contributed by atoms with Crippen molar-refractivity contribution in [3.63, 3.8) is 0 Å². The summed E-state index contributed by atoms with van der Waals surface area (Å²) in [5.41, 5.74) is 0.614. The maximum Gasteiger partial charge on any atom is 0.248 e. The second kappa shape index (κ2) is 5.58. The van der Waals surface area contributed by atoms with Gasteiger partial charge in [-0.2, -0.15) is 4.68 Å². The smallest absolute Gasteiger partial charge is 0.248 e. The molecule has 1 aliphatic rings. The van der Waals surface area contributed by atoms with E-state index >= 15 is 0 Å². The fourth-order valence-electron chi connectivity index (χ4n) is 2.80. The number of rotatable bonds is 4. The van der Waals surface area contributed by atoms with Crippen LogP contribution in [-0.2, 0) is 0 Å². The topological polar surface area (TPSA) is 75.9 Å². The van der Waals surface area contributed by atoms with Gasteiger partial charge in [-0.15, -0.1) is 0 Å². The SMILES string of the molecule is OCC1(Nc2nnnn2-c2ccccc2)CCCCC1. The van der Waals surface area contributed by atoms with Gasteiger partial charge in [-0.3, -0.25) is 0 Å². The lowest BCUT2D eigenvalue weighted by molar-refractivity contribution is 0.172. The van der Waals surface area contributed by atoms with Crippen molar-refractivity contribution in [3.8, 4) is 5.69 Å². The van der Waals surface area contributed by atoms with E-state index in [1.807, 2.05) is 30.3 Å². The second-order valence-corrected chi connectivity index (χ2v) is 5.37. The summed E-state index contributed by atoms with van der Waals surface area (Å²) < 4.78 is 1.67. The highest BCUT2D eigenvalue weighted by Gasteiger charge is 2.32. The number of hydrogen-bond acceptors (Lipinski definition) is 5. The number of anilines is 1. The van der Waals surface area contributed by atoms with Crippen molar-refractivity contribution >= 4 is 5.95 Å². The first-order valence-electron chi connectivity index (χ1n) is 7.06. The van der Waals surface area contributed by atoms with Crippen LogP contribution in [0.3, 0.4) is 0 Å². The summed E-state index contributed by atoms with van der Waals surface area (Å²) in [7, 11) is 0. The van der Waals surface area contributed by atoms with Crippen molar-refractivity contribution in [2.24, 2.45) is 0 Å². The quantitative estimate of drug-likeness (QED) is 0.888. The van der Waals surface area contributed by atoms with E-state index in [1.54, 1.807) is 4.68 Å². The lowest BCUT2D eigenvalue weighted by Gasteiger charge is -2.36. The zero-order valence-electron chi connectivity index (χ0n) is 11.4. The molecular weight excluding hydrogens is 254 g/mol. The molecular formula is C14H19N5O. The van der Waals surface area contributed by atoms with Crippen LogP contribution in [0.2, 0.25) is 0 Å². The number of para-hydroxylation sites is 1. The Bertz CT molecular complexity index is 548. The van der Waals surface area contributed by atoms with Crippen molar-refractivity contribution in [3.05, 3.63) is 30.3 Å². The largest absolute Gasteiger partial charge is 0.394 e. The van der Waals surface area contributed by atoms with Gasteiger partial charge in [0.25, 0.3) is 0 Å². The van der Waals surface area contributed by atoms with Crippen LogP contribution in [0.5, 0.6) is 0 Å². The minimum Gasteiger partial charge on any atom is -0.394 e. The van der Waals surface area contributed by atoms with Crippen molar-refractivity contribution in [2.45, 2.75) is 37.6 Å². The van der Waals surface area contributed by atoms with Crippen LogP contribution >= 0.6 is 0 Å². The highest BCUT2D eigenvalue weighted by molar-refractivity contribution is 5.40. The number of aliphatic hydroxyl groups is 1. The molecule has 6 nitrogen and oxygen atoms in total. The van der Waals surface area contributed by atoms with Crippen molar-refractivity contribution in [2.75, 3.05) is 11.9 Å². The molecule has 20 heavy (non-hydrogen) atoms. The predicted molar refractivity (Wildman–Crippen MR) is 75.7 cm³/mol. The van der Waals surface area contributed by atoms with Crippen LogP contribution < -0.4 is 5.32 Å². The number of hydrogen-bond donors (Lipinski definition) is 2. The van der Waals surface area contributed by atoms with Crippen molar-refractivity contribution in [1.82, 2.24) is 20.2 Å². The Kier molecular flexibility index (Phi) is 3.64. The maximum absolute atomic E-state index is 9.76. The first-order chi connectivity index (χ1) is 9.83. The first kappa shape index (κ1) is 13.1. The zero-order chi connectivity index (χ0) is 13.8. The normalized spacial score (nSPS) is 17.9. The highest BCUT2D eigenvalue weighted by atomic mass is 16.3. The molecule has 0 atom stereocenters. The minimum absolute atomic E-state index is 0.106. The molecule has 1 aromatic carbocycles. The van der Waals surface area contributed by atoms with E-state index in [4.69, 9.17) is 0 Å². The van der Waals surface area contributed by atoms with E-state index in [0.717, 1.165) is 31.4 Å². The number of tetrazole rings is 1. The molecule has 1 aromatic heterocycles. The summed E-state index contributed by atoms with van der Waals surface area (Å²) in [5, 5.41) is 25.0. The lowest BCUT2D eigenvalue weighted by atomic mass is 9.82. The van der Waals surface area contributed by atoms with E-state index in [0.29, 0.717) is 5.95 Å². The summed E-state index contributed by atoms with van der Waals surface area (Å²) in [6.07, 6.45) is 5.38. The van der Waals surface area contributed by atoms with Crippen LogP contribution in [0.4, 0.5) is 5.95 Å². The van der Waals surface area contributed by atoms with Gasteiger partial charge in [-0.05, 0) is 35.4 Å². The number of nitrogens with one attached hydrogen (secondary N) is 1. The average molecular weight is 273 g/mol. The highest BCUT2D eigenvalue weighted by Crippen LogP contribution is 2.31. The zero-order valence-corrected chi connectivity index (χ0v) is 11.4. The summed E-state index contributed by atoms with van der Waals surface area (Å²) in [6, 6.07) is 9.76. The third-order valence-electron chi connectivity index (χ3n) is 3.96. The van der Waals surface area contributed by atoms with Gasteiger partial charge in [0.05, 0.1) is 17.8 Å². The number of aromatic nitrogens is 4. The third-order valence-corrected chi connectivity index (χ3v) is 3.96. The van der Waals surface area contributed by atoms with E-state index in [-0.39, 0.29) is 12.1 Å². The molecule has 1 saturated carbocycles. The van der Waals surface area contributed by atoms with E-state index in [1.165, 1.54) is 6.42 Å². The molecule has 0 radical (unpaired) electrons. The average Bonchev–Trinajstić information content (AvgIpc) is 2.97. The Labute approximate surface area is 117 Å². The molecule has 1 heterocycles. The minimum atomic E-state index is -0.292. The van der Waals surface area contributed by atoms with Crippen LogP contribution in [0.15, 0.2) is 30.3 Å². The lowest BCUT2D eigenvalue weighted by Crippen LogP contribution is -2.44. The fourth-order valence-corrected chi connectivity index (χ4v) is 2.80. The van der Waals surface area contributed by atoms with Crippen LogP contribution in [0.1, 0.15) is 32.1 Å². The molecule has 0 bridgehead atoms. The van der Waals surface area contributed by atoms with E-state index in [9.17, 15) is 5.11 Å². The Morgan fingerprint density at radius 1 is 1.15 bits per heavy atom. The fraction of sp³-hybridized carbons (Fsp3) is 0.500. The van der Waals surface area contributed by atoms with Gasteiger partial charge in [-0.25, -0.2) is 0 Å². The number of nitrogens with zero attached hydrogens (tertiary/aromatic N) is 4. The summed E-state index contributed by atoms with van der Waals surface area (Å²) >= 11 is 0. The molecule has 0 amide bonds. The maximum atomic E-state index is 9.76. The summed E-state index contributed by atoms with van der Waals surface area (Å²) in [4.78, 5) is 0.